The summed E-state index contributed by atoms with van der Waals surface area (Å²) in [5.41, 5.74) is 1.83. The highest BCUT2D eigenvalue weighted by Crippen LogP contribution is 2.31. The molecular weight excluding hydrogens is 326 g/mol. The number of benzene rings is 1. The summed E-state index contributed by atoms with van der Waals surface area (Å²) in [6, 6.07) is 9.22. The molecule has 0 radical (unpaired) electrons. The first-order chi connectivity index (χ1) is 11.7. The number of rotatable bonds is 3. The van der Waals surface area contributed by atoms with E-state index in [1.807, 2.05) is 31.2 Å². The van der Waals surface area contributed by atoms with Crippen molar-refractivity contribution in [3.8, 4) is 11.3 Å². The summed E-state index contributed by atoms with van der Waals surface area (Å²) < 4.78 is 3.26. The van der Waals surface area contributed by atoms with Crippen molar-refractivity contribution in [3.63, 3.8) is 0 Å². The normalized spacial score (nSPS) is 11.4. The Bertz CT molecular complexity index is 1120. The Balaban J connectivity index is 2.22. The van der Waals surface area contributed by atoms with Crippen molar-refractivity contribution in [2.75, 3.05) is 0 Å². The van der Waals surface area contributed by atoms with Crippen molar-refractivity contribution < 1.29 is 0 Å². The number of nitrogens with zero attached hydrogens (tertiary/aromatic N) is 5. The minimum Gasteiger partial charge on any atom is -0.315 e. The maximum atomic E-state index is 13.0. The van der Waals surface area contributed by atoms with Crippen LogP contribution in [0.15, 0.2) is 47.7 Å². The van der Waals surface area contributed by atoms with E-state index in [9.17, 15) is 4.79 Å². The molecule has 0 aliphatic heterocycles. The SMILES string of the molecule is CCCn1ccc2nc3ncnn3c(-c3ccccc3Cl)c2c1=O. The van der Waals surface area contributed by atoms with Gasteiger partial charge in [-0.2, -0.15) is 14.6 Å². The van der Waals surface area contributed by atoms with Crippen molar-refractivity contribution in [1.29, 1.82) is 0 Å². The smallest absolute Gasteiger partial charge is 0.262 e. The average molecular weight is 340 g/mol. The van der Waals surface area contributed by atoms with Crippen LogP contribution in [-0.4, -0.2) is 24.1 Å². The Morgan fingerprint density at radius 2 is 2.04 bits per heavy atom. The first-order valence-electron chi connectivity index (χ1n) is 7.68. The molecule has 3 heterocycles. The van der Waals surface area contributed by atoms with Gasteiger partial charge in [-0.25, -0.2) is 4.98 Å². The molecule has 24 heavy (non-hydrogen) atoms. The van der Waals surface area contributed by atoms with Gasteiger partial charge in [0.25, 0.3) is 11.3 Å². The van der Waals surface area contributed by atoms with Gasteiger partial charge in [0, 0.05) is 23.3 Å². The van der Waals surface area contributed by atoms with E-state index in [2.05, 4.69) is 15.1 Å². The van der Waals surface area contributed by atoms with Crippen LogP contribution in [0.1, 0.15) is 13.3 Å². The van der Waals surface area contributed by atoms with Crippen molar-refractivity contribution in [1.82, 2.24) is 24.1 Å². The molecular formula is C17H14ClN5O. The van der Waals surface area contributed by atoms with E-state index in [1.54, 1.807) is 21.3 Å². The number of hydrogen-bond acceptors (Lipinski definition) is 4. The van der Waals surface area contributed by atoms with Gasteiger partial charge in [-0.05, 0) is 18.6 Å². The molecule has 0 amide bonds. The first-order valence-corrected chi connectivity index (χ1v) is 8.06. The number of aromatic nitrogens is 5. The minimum atomic E-state index is -0.103. The van der Waals surface area contributed by atoms with Crippen LogP contribution in [-0.2, 0) is 6.54 Å². The Labute approximate surface area is 142 Å². The molecule has 6 nitrogen and oxygen atoms in total. The fourth-order valence-electron chi connectivity index (χ4n) is 2.88. The third-order valence-corrected chi connectivity index (χ3v) is 4.27. The number of halogens is 1. The molecule has 0 saturated heterocycles. The average Bonchev–Trinajstić information content (AvgIpc) is 3.05. The lowest BCUT2D eigenvalue weighted by Crippen LogP contribution is -2.21. The molecule has 0 fully saturated rings. The first kappa shape index (κ1) is 14.8. The lowest BCUT2D eigenvalue weighted by atomic mass is 10.1. The van der Waals surface area contributed by atoms with E-state index in [0.29, 0.717) is 33.9 Å². The summed E-state index contributed by atoms with van der Waals surface area (Å²) in [6.07, 6.45) is 4.06. The van der Waals surface area contributed by atoms with Gasteiger partial charge >= 0.3 is 0 Å². The van der Waals surface area contributed by atoms with Crippen LogP contribution in [0.2, 0.25) is 5.02 Å². The molecule has 3 aromatic heterocycles. The van der Waals surface area contributed by atoms with Gasteiger partial charge in [-0.15, -0.1) is 0 Å². The second-order valence-corrected chi connectivity index (χ2v) is 5.89. The summed E-state index contributed by atoms with van der Waals surface area (Å²) in [5, 5.41) is 5.28. The number of hydrogen-bond donors (Lipinski definition) is 0. The molecule has 7 heteroatoms. The van der Waals surface area contributed by atoms with Gasteiger partial charge in [-0.1, -0.05) is 36.7 Å². The molecule has 4 rings (SSSR count). The molecule has 120 valence electrons. The van der Waals surface area contributed by atoms with Crippen LogP contribution in [0.5, 0.6) is 0 Å². The summed E-state index contributed by atoms with van der Waals surface area (Å²) in [6.45, 7) is 2.68. The second-order valence-electron chi connectivity index (χ2n) is 5.49. The summed E-state index contributed by atoms with van der Waals surface area (Å²) in [4.78, 5) is 21.6. The Morgan fingerprint density at radius 3 is 2.83 bits per heavy atom. The zero-order valence-electron chi connectivity index (χ0n) is 13.0. The lowest BCUT2D eigenvalue weighted by molar-refractivity contribution is 0.659. The predicted molar refractivity (Wildman–Crippen MR) is 93.3 cm³/mol. The van der Waals surface area contributed by atoms with Crippen LogP contribution < -0.4 is 5.56 Å². The number of pyridine rings is 1. The molecule has 0 saturated carbocycles. The van der Waals surface area contributed by atoms with Gasteiger partial charge in [0.05, 0.1) is 16.6 Å². The maximum Gasteiger partial charge on any atom is 0.262 e. The van der Waals surface area contributed by atoms with E-state index in [-0.39, 0.29) is 5.56 Å². The Kier molecular flexibility index (Phi) is 3.54. The molecule has 4 aromatic rings. The molecule has 0 atom stereocenters. The van der Waals surface area contributed by atoms with Crippen molar-refractivity contribution >= 4 is 28.3 Å². The largest absolute Gasteiger partial charge is 0.315 e. The minimum absolute atomic E-state index is 0.103. The third-order valence-electron chi connectivity index (χ3n) is 3.94. The fraction of sp³-hybridized carbons (Fsp3) is 0.176. The van der Waals surface area contributed by atoms with Crippen molar-refractivity contribution in [3.05, 3.63) is 58.2 Å². The topological polar surface area (TPSA) is 65.1 Å². The van der Waals surface area contributed by atoms with E-state index in [4.69, 9.17) is 11.6 Å². The van der Waals surface area contributed by atoms with Gasteiger partial charge in [-0.3, -0.25) is 4.79 Å². The molecule has 0 bridgehead atoms. The second kappa shape index (κ2) is 5.72. The van der Waals surface area contributed by atoms with Crippen LogP contribution >= 0.6 is 11.6 Å². The Hall–Kier alpha value is -2.73. The zero-order valence-corrected chi connectivity index (χ0v) is 13.7. The summed E-state index contributed by atoms with van der Waals surface area (Å²) >= 11 is 6.39. The summed E-state index contributed by atoms with van der Waals surface area (Å²) in [5.74, 6) is 0.435. The van der Waals surface area contributed by atoms with Crippen molar-refractivity contribution in [2.45, 2.75) is 19.9 Å². The third kappa shape index (κ3) is 2.18. The predicted octanol–water partition coefficient (Wildman–Crippen LogP) is 3.17. The van der Waals surface area contributed by atoms with E-state index < -0.39 is 0 Å². The standard InChI is InChI=1S/C17H14ClN5O/c1-2-8-22-9-7-13-14(16(22)24)15(11-5-3-4-6-12(11)18)23-17(21-13)19-10-20-23/h3-7,9-10H,2,8H2,1H3. The van der Waals surface area contributed by atoms with Crippen LogP contribution in [0.4, 0.5) is 0 Å². The molecule has 0 aliphatic rings. The van der Waals surface area contributed by atoms with E-state index in [0.717, 1.165) is 12.0 Å². The fourth-order valence-corrected chi connectivity index (χ4v) is 3.11. The van der Waals surface area contributed by atoms with Gasteiger partial charge in [0.2, 0.25) is 0 Å². The summed E-state index contributed by atoms with van der Waals surface area (Å²) in [7, 11) is 0. The molecule has 1 aromatic carbocycles. The monoisotopic (exact) mass is 339 g/mol. The number of fused-ring (bicyclic) bond motifs is 2. The lowest BCUT2D eigenvalue weighted by Gasteiger charge is -2.11. The van der Waals surface area contributed by atoms with Gasteiger partial charge < -0.3 is 4.57 Å². The van der Waals surface area contributed by atoms with Gasteiger partial charge in [0.1, 0.15) is 6.33 Å². The molecule has 0 unspecified atom stereocenters. The molecule has 0 spiro atoms. The van der Waals surface area contributed by atoms with E-state index in [1.165, 1.54) is 6.33 Å². The van der Waals surface area contributed by atoms with Gasteiger partial charge in [0.15, 0.2) is 0 Å². The zero-order chi connectivity index (χ0) is 16.7. The van der Waals surface area contributed by atoms with Crippen molar-refractivity contribution in [2.24, 2.45) is 0 Å². The van der Waals surface area contributed by atoms with E-state index >= 15 is 0 Å². The highest BCUT2D eigenvalue weighted by Gasteiger charge is 2.18. The van der Waals surface area contributed by atoms with Crippen LogP contribution in [0, 0.1) is 0 Å². The highest BCUT2D eigenvalue weighted by atomic mass is 35.5. The van der Waals surface area contributed by atoms with Crippen LogP contribution in [0.25, 0.3) is 27.9 Å². The molecule has 0 N–H and O–H groups in total. The quantitative estimate of drug-likeness (QED) is 0.575. The molecule has 0 aliphatic carbocycles. The highest BCUT2D eigenvalue weighted by molar-refractivity contribution is 6.33. The van der Waals surface area contributed by atoms with Crippen LogP contribution in [0.3, 0.4) is 0 Å². The Morgan fingerprint density at radius 1 is 1.21 bits per heavy atom. The number of aryl methyl sites for hydroxylation is 1. The maximum absolute atomic E-state index is 13.0.